The largest absolute Gasteiger partial charge is 0.311 e. The fraction of sp³-hybridized carbons (Fsp3) is 1.00. The predicted octanol–water partition coefficient (Wildman–Crippen LogP) is 2.42. The van der Waals surface area contributed by atoms with Crippen molar-refractivity contribution in [2.24, 2.45) is 11.3 Å². The molecule has 1 heteroatoms. The molecular weight excluding hydrogens is 134 g/mol. The summed E-state index contributed by atoms with van der Waals surface area (Å²) in [4.78, 5) is 0. The van der Waals surface area contributed by atoms with E-state index in [0.717, 1.165) is 12.0 Å². The standard InChI is InChI=1S/C10H21N/c1-6-10(5)8(4)9(10)11-7(2)3/h7-9,11H,6H2,1-5H3. The highest BCUT2D eigenvalue weighted by molar-refractivity contribution is 5.10. The Morgan fingerprint density at radius 3 is 2.27 bits per heavy atom. The first-order chi connectivity index (χ1) is 5.02. The minimum atomic E-state index is 0.588. The first kappa shape index (κ1) is 9.05. The zero-order chi connectivity index (χ0) is 8.65. The molecule has 0 heterocycles. The maximum absolute atomic E-state index is 3.61. The van der Waals surface area contributed by atoms with E-state index in [2.05, 4.69) is 39.9 Å². The lowest BCUT2D eigenvalue weighted by molar-refractivity contribution is 0.449. The third-order valence-corrected chi connectivity index (χ3v) is 3.42. The van der Waals surface area contributed by atoms with Crippen molar-refractivity contribution in [2.75, 3.05) is 0 Å². The van der Waals surface area contributed by atoms with Crippen molar-refractivity contribution >= 4 is 0 Å². The van der Waals surface area contributed by atoms with E-state index in [9.17, 15) is 0 Å². The zero-order valence-electron chi connectivity index (χ0n) is 8.44. The Balaban J connectivity index is 2.41. The number of nitrogens with one attached hydrogen (secondary N) is 1. The Morgan fingerprint density at radius 2 is 2.00 bits per heavy atom. The summed E-state index contributed by atoms with van der Waals surface area (Å²) >= 11 is 0. The summed E-state index contributed by atoms with van der Waals surface area (Å²) in [6.45, 7) is 11.5. The maximum atomic E-state index is 3.61. The maximum Gasteiger partial charge on any atom is 0.0158 e. The van der Waals surface area contributed by atoms with Crippen LogP contribution >= 0.6 is 0 Å². The van der Waals surface area contributed by atoms with Crippen molar-refractivity contribution in [2.45, 2.75) is 53.1 Å². The summed E-state index contributed by atoms with van der Waals surface area (Å²) < 4.78 is 0. The molecule has 0 aromatic rings. The molecule has 0 bridgehead atoms. The third-order valence-electron chi connectivity index (χ3n) is 3.42. The smallest absolute Gasteiger partial charge is 0.0158 e. The molecule has 1 fully saturated rings. The highest BCUT2D eigenvalue weighted by Gasteiger charge is 2.56. The summed E-state index contributed by atoms with van der Waals surface area (Å²) in [7, 11) is 0. The van der Waals surface area contributed by atoms with Gasteiger partial charge in [-0.15, -0.1) is 0 Å². The molecule has 0 saturated heterocycles. The summed E-state index contributed by atoms with van der Waals surface area (Å²) in [5.74, 6) is 0.870. The van der Waals surface area contributed by atoms with Crippen LogP contribution < -0.4 is 5.32 Å². The molecule has 1 rings (SSSR count). The van der Waals surface area contributed by atoms with Gasteiger partial charge in [0.05, 0.1) is 0 Å². The van der Waals surface area contributed by atoms with Crippen LogP contribution in [-0.2, 0) is 0 Å². The van der Waals surface area contributed by atoms with Gasteiger partial charge in [-0.25, -0.2) is 0 Å². The molecule has 0 aromatic heterocycles. The first-order valence-electron chi connectivity index (χ1n) is 4.78. The fourth-order valence-electron chi connectivity index (χ4n) is 2.03. The van der Waals surface area contributed by atoms with Gasteiger partial charge < -0.3 is 5.32 Å². The average molecular weight is 155 g/mol. The van der Waals surface area contributed by atoms with E-state index in [1.165, 1.54) is 6.42 Å². The van der Waals surface area contributed by atoms with Crippen LogP contribution in [0.4, 0.5) is 0 Å². The first-order valence-corrected chi connectivity index (χ1v) is 4.78. The van der Waals surface area contributed by atoms with Crippen molar-refractivity contribution < 1.29 is 0 Å². The molecule has 1 aliphatic rings. The highest BCUT2D eigenvalue weighted by Crippen LogP contribution is 2.54. The molecule has 1 saturated carbocycles. The van der Waals surface area contributed by atoms with E-state index >= 15 is 0 Å². The van der Waals surface area contributed by atoms with Gasteiger partial charge in [0, 0.05) is 12.1 Å². The Hall–Kier alpha value is -0.0400. The molecule has 66 valence electrons. The topological polar surface area (TPSA) is 12.0 Å². The third kappa shape index (κ3) is 1.44. The SMILES string of the molecule is CCC1(C)C(C)C1NC(C)C. The van der Waals surface area contributed by atoms with Gasteiger partial charge >= 0.3 is 0 Å². The van der Waals surface area contributed by atoms with Gasteiger partial charge in [-0.05, 0) is 17.8 Å². The molecule has 0 radical (unpaired) electrons. The lowest BCUT2D eigenvalue weighted by Crippen LogP contribution is -2.28. The predicted molar refractivity (Wildman–Crippen MR) is 49.6 cm³/mol. The molecule has 0 amide bonds. The normalized spacial score (nSPS) is 43.1. The van der Waals surface area contributed by atoms with Crippen LogP contribution in [0.15, 0.2) is 0 Å². The average Bonchev–Trinajstić information content (AvgIpc) is 2.41. The van der Waals surface area contributed by atoms with Crippen LogP contribution in [0.5, 0.6) is 0 Å². The molecule has 3 atom stereocenters. The molecule has 0 spiro atoms. The molecule has 1 nitrogen and oxygen atoms in total. The molecule has 1 N–H and O–H groups in total. The Morgan fingerprint density at radius 1 is 1.45 bits per heavy atom. The second kappa shape index (κ2) is 2.78. The Kier molecular flexibility index (Phi) is 2.29. The minimum absolute atomic E-state index is 0.588. The highest BCUT2D eigenvalue weighted by atomic mass is 15.0. The van der Waals surface area contributed by atoms with Gasteiger partial charge in [0.15, 0.2) is 0 Å². The fourth-order valence-corrected chi connectivity index (χ4v) is 2.03. The van der Waals surface area contributed by atoms with Gasteiger partial charge in [-0.3, -0.25) is 0 Å². The number of hydrogen-bond acceptors (Lipinski definition) is 1. The monoisotopic (exact) mass is 155 g/mol. The van der Waals surface area contributed by atoms with E-state index < -0.39 is 0 Å². The molecule has 11 heavy (non-hydrogen) atoms. The van der Waals surface area contributed by atoms with E-state index in [-0.39, 0.29) is 0 Å². The van der Waals surface area contributed by atoms with E-state index in [0.29, 0.717) is 11.5 Å². The van der Waals surface area contributed by atoms with Crippen molar-refractivity contribution in [1.82, 2.24) is 5.32 Å². The van der Waals surface area contributed by atoms with Crippen molar-refractivity contribution in [3.63, 3.8) is 0 Å². The van der Waals surface area contributed by atoms with Gasteiger partial charge in [0.2, 0.25) is 0 Å². The van der Waals surface area contributed by atoms with Gasteiger partial charge in [0.25, 0.3) is 0 Å². The van der Waals surface area contributed by atoms with Crippen LogP contribution in [0.2, 0.25) is 0 Å². The molecule has 0 aromatic carbocycles. The summed E-state index contributed by atoms with van der Waals surface area (Å²) in [5, 5.41) is 3.61. The molecular formula is C10H21N. The Labute approximate surface area is 70.6 Å². The summed E-state index contributed by atoms with van der Waals surface area (Å²) in [6, 6.07) is 1.41. The quantitative estimate of drug-likeness (QED) is 0.660. The van der Waals surface area contributed by atoms with Gasteiger partial charge in [-0.1, -0.05) is 34.6 Å². The zero-order valence-corrected chi connectivity index (χ0v) is 8.44. The van der Waals surface area contributed by atoms with Crippen molar-refractivity contribution in [3.8, 4) is 0 Å². The molecule has 1 aliphatic carbocycles. The van der Waals surface area contributed by atoms with Gasteiger partial charge in [-0.2, -0.15) is 0 Å². The summed E-state index contributed by atoms with van der Waals surface area (Å²) in [5.41, 5.74) is 0.588. The van der Waals surface area contributed by atoms with Crippen molar-refractivity contribution in [1.29, 1.82) is 0 Å². The summed E-state index contributed by atoms with van der Waals surface area (Å²) in [6.07, 6.45) is 1.30. The number of rotatable bonds is 3. The molecule has 0 aliphatic heterocycles. The van der Waals surface area contributed by atoms with Crippen LogP contribution in [0, 0.1) is 11.3 Å². The molecule has 3 unspecified atom stereocenters. The van der Waals surface area contributed by atoms with Crippen LogP contribution in [-0.4, -0.2) is 12.1 Å². The van der Waals surface area contributed by atoms with Crippen LogP contribution in [0.1, 0.15) is 41.0 Å². The van der Waals surface area contributed by atoms with Gasteiger partial charge in [0.1, 0.15) is 0 Å². The second-order valence-electron chi connectivity index (χ2n) is 4.45. The number of hydrogen-bond donors (Lipinski definition) is 1. The van der Waals surface area contributed by atoms with E-state index in [1.54, 1.807) is 0 Å². The van der Waals surface area contributed by atoms with E-state index in [1.807, 2.05) is 0 Å². The lowest BCUT2D eigenvalue weighted by Gasteiger charge is -2.11. The minimum Gasteiger partial charge on any atom is -0.311 e. The lowest BCUT2D eigenvalue weighted by atomic mass is 10.0. The van der Waals surface area contributed by atoms with E-state index in [4.69, 9.17) is 0 Å². The van der Waals surface area contributed by atoms with Crippen LogP contribution in [0.25, 0.3) is 0 Å². The van der Waals surface area contributed by atoms with Crippen LogP contribution in [0.3, 0.4) is 0 Å². The second-order valence-corrected chi connectivity index (χ2v) is 4.45. The van der Waals surface area contributed by atoms with Crippen molar-refractivity contribution in [3.05, 3.63) is 0 Å². The Bertz CT molecular complexity index is 142.